The Morgan fingerprint density at radius 1 is 1.19 bits per heavy atom. The van der Waals surface area contributed by atoms with Crippen LogP contribution in [0.5, 0.6) is 0 Å². The number of nitrogens with zero attached hydrogens (tertiary/aromatic N) is 1. The smallest absolute Gasteiger partial charge is 0.253 e. The molecule has 8 nitrogen and oxygen atoms in total. The van der Waals surface area contributed by atoms with E-state index in [0.717, 1.165) is 10.6 Å². The number of para-hydroxylation sites is 1. The molecule has 0 bridgehead atoms. The highest BCUT2D eigenvalue weighted by molar-refractivity contribution is 7.92. The van der Waals surface area contributed by atoms with Crippen molar-refractivity contribution in [3.63, 3.8) is 0 Å². The fourth-order valence-electron chi connectivity index (χ4n) is 2.99. The number of carbonyl (C=O) groups is 2. The summed E-state index contributed by atoms with van der Waals surface area (Å²) in [5, 5.41) is 5.71. The number of hydrogen-bond donors (Lipinski definition) is 2. The minimum Gasteiger partial charge on any atom is -0.383 e. The summed E-state index contributed by atoms with van der Waals surface area (Å²) in [5.74, 6) is -0.979. The van der Waals surface area contributed by atoms with E-state index in [2.05, 4.69) is 10.6 Å². The number of halogens is 1. The SMILES string of the molecule is COCCNC(=O)c1ccccc1NC(=O)C(C)N(c1cc(Cl)ccc1C)S(C)(=O)=O. The Hall–Kier alpha value is -2.62. The molecule has 0 fully saturated rings. The molecule has 1 unspecified atom stereocenters. The number of amides is 2. The Morgan fingerprint density at radius 3 is 2.52 bits per heavy atom. The molecule has 0 saturated carbocycles. The highest BCUT2D eigenvalue weighted by Gasteiger charge is 2.31. The molecule has 2 aromatic rings. The van der Waals surface area contributed by atoms with Gasteiger partial charge in [-0.05, 0) is 43.7 Å². The van der Waals surface area contributed by atoms with Crippen molar-refractivity contribution in [2.24, 2.45) is 0 Å². The van der Waals surface area contributed by atoms with Crippen molar-refractivity contribution >= 4 is 44.8 Å². The van der Waals surface area contributed by atoms with Crippen molar-refractivity contribution in [1.29, 1.82) is 0 Å². The van der Waals surface area contributed by atoms with Gasteiger partial charge in [-0.15, -0.1) is 0 Å². The highest BCUT2D eigenvalue weighted by Crippen LogP contribution is 2.28. The predicted octanol–water partition coefficient (Wildman–Crippen LogP) is 2.82. The first-order chi connectivity index (χ1) is 14.6. The van der Waals surface area contributed by atoms with Crippen molar-refractivity contribution < 1.29 is 22.7 Å². The summed E-state index contributed by atoms with van der Waals surface area (Å²) in [6.07, 6.45) is 1.02. The van der Waals surface area contributed by atoms with Gasteiger partial charge in [0.2, 0.25) is 15.9 Å². The van der Waals surface area contributed by atoms with Gasteiger partial charge in [-0.25, -0.2) is 8.42 Å². The first kappa shape index (κ1) is 24.6. The number of hydrogen-bond acceptors (Lipinski definition) is 5. The lowest BCUT2D eigenvalue weighted by Gasteiger charge is -2.29. The summed E-state index contributed by atoms with van der Waals surface area (Å²) >= 11 is 6.06. The van der Waals surface area contributed by atoms with Gasteiger partial charge in [0.15, 0.2) is 0 Å². The predicted molar refractivity (Wildman–Crippen MR) is 122 cm³/mol. The molecular formula is C21H26ClN3O5S. The maximum absolute atomic E-state index is 13.0. The number of ether oxygens (including phenoxy) is 1. The van der Waals surface area contributed by atoms with Gasteiger partial charge in [0.1, 0.15) is 6.04 Å². The van der Waals surface area contributed by atoms with Gasteiger partial charge in [0, 0.05) is 18.7 Å². The van der Waals surface area contributed by atoms with Crippen LogP contribution in [0.25, 0.3) is 0 Å². The second-order valence-electron chi connectivity index (χ2n) is 6.95. The molecule has 0 aliphatic carbocycles. The number of rotatable bonds is 9. The molecule has 10 heteroatoms. The summed E-state index contributed by atoms with van der Waals surface area (Å²) < 4.78 is 31.0. The molecular weight excluding hydrogens is 442 g/mol. The third kappa shape index (κ3) is 6.43. The lowest BCUT2D eigenvalue weighted by Crippen LogP contribution is -2.46. The molecule has 0 aromatic heterocycles. The first-order valence-electron chi connectivity index (χ1n) is 9.49. The van der Waals surface area contributed by atoms with Crippen LogP contribution in [-0.4, -0.2) is 52.8 Å². The van der Waals surface area contributed by atoms with Crippen LogP contribution in [0.4, 0.5) is 11.4 Å². The minimum absolute atomic E-state index is 0.254. The lowest BCUT2D eigenvalue weighted by atomic mass is 10.1. The van der Waals surface area contributed by atoms with Gasteiger partial charge in [-0.2, -0.15) is 0 Å². The van der Waals surface area contributed by atoms with E-state index in [9.17, 15) is 18.0 Å². The molecule has 2 aromatic carbocycles. The number of sulfonamides is 1. The Balaban J connectivity index is 2.32. The summed E-state index contributed by atoms with van der Waals surface area (Å²) in [7, 11) is -2.29. The zero-order chi connectivity index (χ0) is 23.2. The first-order valence-corrected chi connectivity index (χ1v) is 11.7. The van der Waals surface area contributed by atoms with E-state index in [0.29, 0.717) is 29.4 Å². The average molecular weight is 468 g/mol. The lowest BCUT2D eigenvalue weighted by molar-refractivity contribution is -0.116. The number of nitrogens with one attached hydrogen (secondary N) is 2. The Bertz CT molecular complexity index is 1060. The van der Waals surface area contributed by atoms with Crippen molar-refractivity contribution in [3.8, 4) is 0 Å². The van der Waals surface area contributed by atoms with Crippen molar-refractivity contribution in [3.05, 3.63) is 58.6 Å². The second-order valence-corrected chi connectivity index (χ2v) is 9.25. The number of aryl methyl sites for hydroxylation is 1. The van der Waals surface area contributed by atoms with Crippen molar-refractivity contribution in [2.45, 2.75) is 19.9 Å². The maximum atomic E-state index is 13.0. The monoisotopic (exact) mass is 467 g/mol. The van der Waals surface area contributed by atoms with Crippen LogP contribution < -0.4 is 14.9 Å². The standard InChI is InChI=1S/C21H26ClN3O5S/c1-14-9-10-16(22)13-19(14)25(31(4,28)29)15(2)20(26)24-18-8-6-5-7-17(18)21(27)23-11-12-30-3/h5-10,13,15H,11-12H2,1-4H3,(H,23,27)(H,24,26). The van der Waals surface area contributed by atoms with E-state index < -0.39 is 22.0 Å². The van der Waals surface area contributed by atoms with E-state index in [4.69, 9.17) is 16.3 Å². The van der Waals surface area contributed by atoms with Crippen molar-refractivity contribution in [1.82, 2.24) is 5.32 Å². The quantitative estimate of drug-likeness (QED) is 0.552. The van der Waals surface area contributed by atoms with Gasteiger partial charge in [-0.3, -0.25) is 13.9 Å². The van der Waals surface area contributed by atoms with E-state index in [-0.39, 0.29) is 17.2 Å². The topological polar surface area (TPSA) is 105 Å². The Labute approximate surface area is 187 Å². The molecule has 168 valence electrons. The summed E-state index contributed by atoms with van der Waals surface area (Å²) in [5.41, 5.74) is 1.48. The number of anilines is 2. The van der Waals surface area contributed by atoms with Crippen LogP contribution in [0.1, 0.15) is 22.8 Å². The molecule has 31 heavy (non-hydrogen) atoms. The van der Waals surface area contributed by atoms with Gasteiger partial charge in [0.25, 0.3) is 5.91 Å². The molecule has 2 rings (SSSR count). The molecule has 0 aliphatic heterocycles. The zero-order valence-electron chi connectivity index (χ0n) is 17.8. The van der Waals surface area contributed by atoms with Gasteiger partial charge in [0.05, 0.1) is 29.8 Å². The van der Waals surface area contributed by atoms with Gasteiger partial charge in [-0.1, -0.05) is 29.8 Å². The summed E-state index contributed by atoms with van der Waals surface area (Å²) in [4.78, 5) is 25.5. The van der Waals surface area contributed by atoms with E-state index in [1.54, 1.807) is 43.3 Å². The maximum Gasteiger partial charge on any atom is 0.253 e. The van der Waals surface area contributed by atoms with Gasteiger partial charge < -0.3 is 15.4 Å². The third-order valence-corrected chi connectivity index (χ3v) is 5.98. The zero-order valence-corrected chi connectivity index (χ0v) is 19.4. The van der Waals surface area contributed by atoms with Crippen LogP contribution in [-0.2, 0) is 19.6 Å². The number of benzene rings is 2. The van der Waals surface area contributed by atoms with Crippen LogP contribution in [0.2, 0.25) is 5.02 Å². The number of carbonyl (C=O) groups excluding carboxylic acids is 2. The normalized spacial score (nSPS) is 12.2. The Morgan fingerprint density at radius 2 is 1.87 bits per heavy atom. The van der Waals surface area contributed by atoms with Gasteiger partial charge >= 0.3 is 0 Å². The molecule has 0 radical (unpaired) electrons. The Kier molecular flexibility index (Phi) is 8.43. The van der Waals surface area contributed by atoms with Crippen LogP contribution in [0.15, 0.2) is 42.5 Å². The van der Waals surface area contributed by atoms with E-state index in [1.807, 2.05) is 0 Å². The molecule has 0 heterocycles. The molecule has 2 N–H and O–H groups in total. The molecule has 0 aliphatic rings. The average Bonchev–Trinajstić information content (AvgIpc) is 2.70. The fraction of sp³-hybridized carbons (Fsp3) is 0.333. The van der Waals surface area contributed by atoms with Crippen LogP contribution in [0, 0.1) is 6.92 Å². The molecule has 1 atom stereocenters. The molecule has 0 saturated heterocycles. The third-order valence-electron chi connectivity index (χ3n) is 4.52. The largest absolute Gasteiger partial charge is 0.383 e. The summed E-state index contributed by atoms with van der Waals surface area (Å²) in [6.45, 7) is 3.86. The van der Waals surface area contributed by atoms with Crippen LogP contribution >= 0.6 is 11.6 Å². The van der Waals surface area contributed by atoms with Crippen LogP contribution in [0.3, 0.4) is 0 Å². The highest BCUT2D eigenvalue weighted by atomic mass is 35.5. The summed E-state index contributed by atoms with van der Waals surface area (Å²) in [6, 6.07) is 10.2. The fourth-order valence-corrected chi connectivity index (χ4v) is 4.38. The molecule has 0 spiro atoms. The van der Waals surface area contributed by atoms with E-state index >= 15 is 0 Å². The second kappa shape index (κ2) is 10.6. The number of methoxy groups -OCH3 is 1. The molecule has 2 amide bonds. The van der Waals surface area contributed by atoms with Crippen molar-refractivity contribution in [2.75, 3.05) is 36.1 Å². The minimum atomic E-state index is -3.81. The van der Waals surface area contributed by atoms with E-state index in [1.165, 1.54) is 20.1 Å².